The van der Waals surface area contributed by atoms with Crippen LogP contribution in [-0.2, 0) is 9.59 Å². The van der Waals surface area contributed by atoms with Gasteiger partial charge in [-0.1, -0.05) is 32.0 Å². The number of aliphatic hydroxyl groups is 1. The van der Waals surface area contributed by atoms with Gasteiger partial charge < -0.3 is 15.7 Å². The molecule has 4 saturated carbocycles. The lowest BCUT2D eigenvalue weighted by molar-refractivity contribution is -0.129. The summed E-state index contributed by atoms with van der Waals surface area (Å²) in [6.45, 7) is 7.51. The highest BCUT2D eigenvalue weighted by atomic mass is 16.3. The molecule has 0 radical (unpaired) electrons. The maximum atomic E-state index is 12.6. The Hall–Kier alpha value is -2.49. The smallest absolute Gasteiger partial charge is 0.245 e. The van der Waals surface area contributed by atoms with Crippen LogP contribution in [0.4, 0.5) is 0 Å². The fourth-order valence-corrected chi connectivity index (χ4v) is 10.0. The second kappa shape index (κ2) is 14.3. The van der Waals surface area contributed by atoms with Crippen LogP contribution in [-0.4, -0.2) is 35.7 Å². The van der Waals surface area contributed by atoms with E-state index >= 15 is 0 Å². The molecular formula is C34H53N5O3. The Morgan fingerprint density at radius 2 is 1.88 bits per heavy atom. The average Bonchev–Trinajstić information content (AvgIpc) is 3.32. The second-order valence-electron chi connectivity index (χ2n) is 14.4. The summed E-state index contributed by atoms with van der Waals surface area (Å²) in [5, 5.41) is 19.3. The van der Waals surface area contributed by atoms with Gasteiger partial charge in [0, 0.05) is 17.8 Å². The van der Waals surface area contributed by atoms with Crippen LogP contribution in [0.25, 0.3) is 10.4 Å². The van der Waals surface area contributed by atoms with Gasteiger partial charge in [0.2, 0.25) is 11.8 Å². The van der Waals surface area contributed by atoms with Crippen LogP contribution in [0.1, 0.15) is 111 Å². The first kappa shape index (κ1) is 32.4. The number of allylic oxidation sites excluding steroid dienone is 1. The maximum absolute atomic E-state index is 12.6. The maximum Gasteiger partial charge on any atom is 0.245 e. The van der Waals surface area contributed by atoms with Gasteiger partial charge in [0.15, 0.2) is 0 Å². The molecule has 2 amide bonds. The molecule has 4 aliphatic rings. The molecule has 0 saturated heterocycles. The van der Waals surface area contributed by atoms with Gasteiger partial charge in [0.25, 0.3) is 0 Å². The van der Waals surface area contributed by atoms with Crippen molar-refractivity contribution in [1.29, 1.82) is 0 Å². The lowest BCUT2D eigenvalue weighted by Crippen LogP contribution is -2.54. The molecule has 4 rings (SSSR count). The second-order valence-corrected chi connectivity index (χ2v) is 14.4. The van der Waals surface area contributed by atoms with Gasteiger partial charge in [0.1, 0.15) is 6.17 Å². The highest BCUT2D eigenvalue weighted by Gasteiger charge is 2.60. The van der Waals surface area contributed by atoms with Crippen molar-refractivity contribution < 1.29 is 14.7 Å². The predicted octanol–water partition coefficient (Wildman–Crippen LogP) is 6.65. The standard InChI is InChI=1S/C34H53N5O3/c1-5-6-7-11-31(41)37-30(22-36-39-35)38-32(42)12-9-8-10-23(2)27-15-16-28-26-14-13-24-21-25(40)17-19-33(24,3)29(26)18-20-34(27,28)4/h1,9,12,23-30,40H,6-8,10-11,13-22H2,2-4H3,(H,37,41)(H,38,42). The van der Waals surface area contributed by atoms with Gasteiger partial charge in [-0.25, -0.2) is 0 Å². The first-order valence-electron chi connectivity index (χ1n) is 16.5. The molecule has 0 spiro atoms. The van der Waals surface area contributed by atoms with E-state index in [1.54, 1.807) is 0 Å². The number of nitrogens with zero attached hydrogens (tertiary/aromatic N) is 3. The molecule has 42 heavy (non-hydrogen) atoms. The van der Waals surface area contributed by atoms with Crippen molar-refractivity contribution in [3.8, 4) is 12.3 Å². The van der Waals surface area contributed by atoms with Crippen molar-refractivity contribution in [2.45, 2.75) is 123 Å². The molecule has 10 unspecified atom stereocenters. The minimum absolute atomic E-state index is 0.0565. The number of amides is 2. The van der Waals surface area contributed by atoms with E-state index in [-0.39, 0.29) is 30.9 Å². The topological polar surface area (TPSA) is 127 Å². The van der Waals surface area contributed by atoms with Crippen LogP contribution in [0.2, 0.25) is 0 Å². The molecule has 3 N–H and O–H groups in total. The highest BCUT2D eigenvalue weighted by molar-refractivity contribution is 5.88. The molecule has 232 valence electrons. The Morgan fingerprint density at radius 1 is 1.12 bits per heavy atom. The molecule has 0 aliphatic heterocycles. The fraction of sp³-hybridized carbons (Fsp3) is 0.824. The largest absolute Gasteiger partial charge is 0.393 e. The summed E-state index contributed by atoms with van der Waals surface area (Å²) < 4.78 is 0. The molecule has 0 aromatic heterocycles. The summed E-state index contributed by atoms with van der Waals surface area (Å²) in [6, 6.07) is 0. The summed E-state index contributed by atoms with van der Waals surface area (Å²) in [4.78, 5) is 27.4. The number of hydrogen-bond donors (Lipinski definition) is 3. The number of rotatable bonds is 12. The normalized spacial score (nSPS) is 36.8. The Labute approximate surface area is 252 Å². The molecule has 0 aromatic carbocycles. The van der Waals surface area contributed by atoms with E-state index in [0.717, 1.165) is 49.4 Å². The monoisotopic (exact) mass is 579 g/mol. The predicted molar refractivity (Wildman–Crippen MR) is 166 cm³/mol. The zero-order valence-corrected chi connectivity index (χ0v) is 26.1. The molecule has 4 fully saturated rings. The third-order valence-electron chi connectivity index (χ3n) is 12.2. The summed E-state index contributed by atoms with van der Waals surface area (Å²) in [6.07, 6.45) is 22.3. The number of fused-ring (bicyclic) bond motifs is 5. The molecule has 10 atom stereocenters. The number of carbonyl (C=O) groups is 2. The summed E-state index contributed by atoms with van der Waals surface area (Å²) in [7, 11) is 0. The third kappa shape index (κ3) is 7.17. The van der Waals surface area contributed by atoms with Crippen LogP contribution < -0.4 is 10.6 Å². The first-order chi connectivity index (χ1) is 20.1. The van der Waals surface area contributed by atoms with E-state index in [4.69, 9.17) is 12.0 Å². The van der Waals surface area contributed by atoms with Gasteiger partial charge in [-0.3, -0.25) is 9.59 Å². The van der Waals surface area contributed by atoms with E-state index in [0.29, 0.717) is 35.5 Å². The van der Waals surface area contributed by atoms with Crippen molar-refractivity contribution in [1.82, 2.24) is 10.6 Å². The van der Waals surface area contributed by atoms with E-state index in [1.807, 2.05) is 6.08 Å². The van der Waals surface area contributed by atoms with Crippen LogP contribution in [0, 0.1) is 58.7 Å². The van der Waals surface area contributed by atoms with Gasteiger partial charge in [-0.05, 0) is 135 Å². The van der Waals surface area contributed by atoms with Crippen molar-refractivity contribution in [2.75, 3.05) is 6.54 Å². The Morgan fingerprint density at radius 3 is 2.64 bits per heavy atom. The molecule has 0 bridgehead atoms. The lowest BCUT2D eigenvalue weighted by atomic mass is 9.44. The van der Waals surface area contributed by atoms with Crippen molar-refractivity contribution in [3.63, 3.8) is 0 Å². The Kier molecular flexibility index (Phi) is 11.1. The van der Waals surface area contributed by atoms with Crippen LogP contribution in [0.15, 0.2) is 17.3 Å². The molecule has 0 aromatic rings. The average molecular weight is 580 g/mol. The third-order valence-corrected chi connectivity index (χ3v) is 12.2. The Balaban J connectivity index is 1.27. The van der Waals surface area contributed by atoms with E-state index in [2.05, 4.69) is 47.4 Å². The molecule has 8 nitrogen and oxygen atoms in total. The summed E-state index contributed by atoms with van der Waals surface area (Å²) in [5.74, 6) is 6.48. The van der Waals surface area contributed by atoms with Crippen LogP contribution >= 0.6 is 0 Å². The minimum Gasteiger partial charge on any atom is -0.393 e. The number of azide groups is 1. The quantitative estimate of drug-likeness (QED) is 0.0455. The zero-order valence-electron chi connectivity index (χ0n) is 26.1. The van der Waals surface area contributed by atoms with E-state index < -0.39 is 6.17 Å². The molecule has 0 heterocycles. The number of aliphatic hydroxyl groups excluding tert-OH is 1. The van der Waals surface area contributed by atoms with Crippen molar-refractivity contribution >= 4 is 11.8 Å². The zero-order chi connectivity index (χ0) is 30.3. The fourth-order valence-electron chi connectivity index (χ4n) is 10.0. The van der Waals surface area contributed by atoms with Gasteiger partial charge in [-0.15, -0.1) is 12.3 Å². The molecule has 4 aliphatic carbocycles. The number of unbranched alkanes of at least 4 members (excludes halogenated alkanes) is 1. The van der Waals surface area contributed by atoms with Gasteiger partial charge in [0.05, 0.1) is 12.6 Å². The van der Waals surface area contributed by atoms with Crippen molar-refractivity contribution in [3.05, 3.63) is 22.6 Å². The van der Waals surface area contributed by atoms with Crippen LogP contribution in [0.3, 0.4) is 0 Å². The van der Waals surface area contributed by atoms with E-state index in [1.165, 1.54) is 51.0 Å². The SMILES string of the molecule is C#CCCCC(=O)NC(CN=[N+]=[N-])NC(=O)C=CCCC(C)C1CCC2C3CCC4CC(O)CCC4(C)C3CCC12C. The number of carbonyl (C=O) groups excluding carboxylic acids is 2. The first-order valence-corrected chi connectivity index (χ1v) is 16.5. The van der Waals surface area contributed by atoms with Crippen LogP contribution in [0.5, 0.6) is 0 Å². The molecular weight excluding hydrogens is 526 g/mol. The Bertz CT molecular complexity index is 1080. The molecule has 8 heteroatoms. The number of terminal acetylenes is 1. The van der Waals surface area contributed by atoms with Crippen molar-refractivity contribution in [2.24, 2.45) is 51.5 Å². The number of nitrogens with one attached hydrogen (secondary N) is 2. The lowest BCUT2D eigenvalue weighted by Gasteiger charge is -2.61. The van der Waals surface area contributed by atoms with E-state index in [9.17, 15) is 14.7 Å². The summed E-state index contributed by atoms with van der Waals surface area (Å²) >= 11 is 0. The van der Waals surface area contributed by atoms with Gasteiger partial charge >= 0.3 is 0 Å². The number of hydrogen-bond acceptors (Lipinski definition) is 4. The minimum atomic E-state index is -0.753. The van der Waals surface area contributed by atoms with Gasteiger partial charge in [-0.2, -0.15) is 0 Å². The highest BCUT2D eigenvalue weighted by Crippen LogP contribution is 2.68. The summed E-state index contributed by atoms with van der Waals surface area (Å²) in [5.41, 5.74) is 9.50.